The topological polar surface area (TPSA) is 121 Å². The number of carbonyl (C=O) groups excluding carboxylic acids is 1. The Morgan fingerprint density at radius 3 is 3.03 bits per heavy atom. The number of amides is 1. The number of aryl methyl sites for hydroxylation is 1. The van der Waals surface area contributed by atoms with Crippen LogP contribution in [0.5, 0.6) is 0 Å². The van der Waals surface area contributed by atoms with Crippen LogP contribution < -0.4 is 16.0 Å². The molecule has 2 aliphatic rings. The van der Waals surface area contributed by atoms with Gasteiger partial charge >= 0.3 is 0 Å². The van der Waals surface area contributed by atoms with Crippen LogP contribution in [0.15, 0.2) is 24.4 Å². The molecule has 4 bridgehead atoms. The third-order valence-electron chi connectivity index (χ3n) is 6.38. The Kier molecular flexibility index (Phi) is 4.29. The summed E-state index contributed by atoms with van der Waals surface area (Å²) in [4.78, 5) is 17.9. The first-order chi connectivity index (χ1) is 15.6. The van der Waals surface area contributed by atoms with Crippen molar-refractivity contribution < 1.29 is 9.53 Å². The molecule has 32 heavy (non-hydrogen) atoms. The van der Waals surface area contributed by atoms with E-state index in [4.69, 9.17) is 9.72 Å². The second-order valence-electron chi connectivity index (χ2n) is 8.44. The molecule has 2 atom stereocenters. The molecule has 1 aliphatic heterocycles. The molecular formula is C22H24N8O2. The number of ether oxygens (including phenoxy) is 1. The van der Waals surface area contributed by atoms with Crippen LogP contribution >= 0.6 is 0 Å². The lowest BCUT2D eigenvalue weighted by Gasteiger charge is -2.22. The second kappa shape index (κ2) is 7.20. The number of carbonyl (C=O) groups is 1. The minimum absolute atomic E-state index is 0.0299. The normalized spacial score (nSPS) is 20.8. The van der Waals surface area contributed by atoms with Gasteiger partial charge in [0.25, 0.3) is 5.91 Å². The predicted molar refractivity (Wildman–Crippen MR) is 120 cm³/mol. The smallest absolute Gasteiger partial charge is 0.257 e. The Labute approximate surface area is 183 Å². The van der Waals surface area contributed by atoms with Gasteiger partial charge in [0, 0.05) is 24.2 Å². The third kappa shape index (κ3) is 2.98. The molecule has 4 aromatic rings. The summed E-state index contributed by atoms with van der Waals surface area (Å²) in [7, 11) is 1.81. The van der Waals surface area contributed by atoms with Gasteiger partial charge in [-0.05, 0) is 43.9 Å². The lowest BCUT2D eigenvalue weighted by Crippen LogP contribution is -2.41. The van der Waals surface area contributed by atoms with Crippen molar-refractivity contribution in [1.82, 2.24) is 30.1 Å². The summed E-state index contributed by atoms with van der Waals surface area (Å²) in [5, 5.41) is 22.7. The standard InChI is InChI=1S/C22H24N8O2/c1-11-13-6-12-7-16(20(13)29-28-11)25-18-8-19(23-2)30-21(27-18)14(9-24-30)22(31)26-15-4-3-5-17(15)32-10-12/h6-9,15,17,23H,3-5,10H2,1-2H3,(H,25,27)(H,26,31)(H,28,29)/t15-,17+/m1/s1. The van der Waals surface area contributed by atoms with E-state index >= 15 is 0 Å². The third-order valence-corrected chi connectivity index (χ3v) is 6.38. The zero-order valence-electron chi connectivity index (χ0n) is 17.9. The minimum atomic E-state index is -0.187. The van der Waals surface area contributed by atoms with Crippen LogP contribution in [0.2, 0.25) is 0 Å². The van der Waals surface area contributed by atoms with Crippen LogP contribution in [0.4, 0.5) is 17.3 Å². The molecule has 0 unspecified atom stereocenters. The second-order valence-corrected chi connectivity index (χ2v) is 8.44. The Morgan fingerprint density at radius 2 is 2.16 bits per heavy atom. The van der Waals surface area contributed by atoms with E-state index in [-0.39, 0.29) is 18.1 Å². The van der Waals surface area contributed by atoms with E-state index < -0.39 is 0 Å². The van der Waals surface area contributed by atoms with Crippen LogP contribution in [-0.2, 0) is 11.3 Å². The van der Waals surface area contributed by atoms with Crippen LogP contribution in [-0.4, -0.2) is 49.9 Å². The number of benzene rings is 1. The average Bonchev–Trinajstić information content (AvgIpc) is 3.50. The van der Waals surface area contributed by atoms with E-state index in [0.717, 1.165) is 52.9 Å². The predicted octanol–water partition coefficient (Wildman–Crippen LogP) is 2.88. The highest BCUT2D eigenvalue weighted by atomic mass is 16.5. The summed E-state index contributed by atoms with van der Waals surface area (Å²) in [6.07, 6.45) is 4.36. The van der Waals surface area contributed by atoms with E-state index in [2.05, 4.69) is 43.4 Å². The zero-order valence-corrected chi connectivity index (χ0v) is 17.9. The monoisotopic (exact) mass is 432 g/mol. The SMILES string of the molecule is CNc1cc2nc3c(cnn13)C(=O)N[C@@H]1CCC[C@@H]1OCc1cc(c3n[nH]c(C)c3c1)N2. The van der Waals surface area contributed by atoms with Crippen molar-refractivity contribution in [2.45, 2.75) is 44.9 Å². The molecule has 0 spiro atoms. The van der Waals surface area contributed by atoms with Crippen LogP contribution in [0.1, 0.15) is 40.9 Å². The highest BCUT2D eigenvalue weighted by Crippen LogP contribution is 2.31. The van der Waals surface area contributed by atoms with Crippen molar-refractivity contribution in [2.24, 2.45) is 0 Å². The summed E-state index contributed by atoms with van der Waals surface area (Å²) in [6.45, 7) is 2.46. The summed E-state index contributed by atoms with van der Waals surface area (Å²) in [5.41, 5.74) is 4.61. The molecule has 4 N–H and O–H groups in total. The highest BCUT2D eigenvalue weighted by Gasteiger charge is 2.31. The number of H-pyrrole nitrogens is 1. The minimum Gasteiger partial charge on any atom is -0.373 e. The van der Waals surface area contributed by atoms with Crippen molar-refractivity contribution in [2.75, 3.05) is 17.7 Å². The Morgan fingerprint density at radius 1 is 1.25 bits per heavy atom. The summed E-state index contributed by atoms with van der Waals surface area (Å²) in [5.74, 6) is 1.12. The first kappa shape index (κ1) is 19.1. The Bertz CT molecular complexity index is 1360. The largest absolute Gasteiger partial charge is 0.373 e. The van der Waals surface area contributed by atoms with Gasteiger partial charge in [0.05, 0.1) is 30.6 Å². The molecule has 6 rings (SSSR count). The molecule has 0 saturated heterocycles. The molecule has 1 amide bonds. The van der Waals surface area contributed by atoms with Gasteiger partial charge < -0.3 is 20.7 Å². The molecule has 4 heterocycles. The van der Waals surface area contributed by atoms with Gasteiger partial charge in [-0.25, -0.2) is 4.98 Å². The molecule has 164 valence electrons. The molecule has 1 fully saturated rings. The van der Waals surface area contributed by atoms with Crippen molar-refractivity contribution in [3.63, 3.8) is 0 Å². The number of rotatable bonds is 1. The maximum Gasteiger partial charge on any atom is 0.257 e. The fourth-order valence-corrected chi connectivity index (χ4v) is 4.72. The number of hydrogen-bond donors (Lipinski definition) is 4. The molecule has 3 aromatic heterocycles. The van der Waals surface area contributed by atoms with E-state index in [1.807, 2.05) is 20.0 Å². The average molecular weight is 432 g/mol. The Hall–Kier alpha value is -3.66. The van der Waals surface area contributed by atoms with Crippen molar-refractivity contribution in [1.29, 1.82) is 0 Å². The number of hydrogen-bond acceptors (Lipinski definition) is 7. The van der Waals surface area contributed by atoms with Gasteiger partial charge in [0.1, 0.15) is 22.7 Å². The number of aromatic amines is 1. The van der Waals surface area contributed by atoms with Crippen LogP contribution in [0, 0.1) is 6.92 Å². The fourth-order valence-electron chi connectivity index (χ4n) is 4.72. The molecule has 1 saturated carbocycles. The number of aromatic nitrogens is 5. The van der Waals surface area contributed by atoms with Gasteiger partial charge in [-0.1, -0.05) is 0 Å². The quantitative estimate of drug-likeness (QED) is 0.365. The molecule has 10 nitrogen and oxygen atoms in total. The summed E-state index contributed by atoms with van der Waals surface area (Å²) >= 11 is 0. The number of fused-ring (bicyclic) bond motifs is 6. The first-order valence-corrected chi connectivity index (χ1v) is 10.8. The number of nitrogens with zero attached hydrogens (tertiary/aromatic N) is 4. The molecular weight excluding hydrogens is 408 g/mol. The molecule has 10 heteroatoms. The van der Waals surface area contributed by atoms with Crippen molar-refractivity contribution in [3.8, 4) is 0 Å². The van der Waals surface area contributed by atoms with Gasteiger partial charge in [0.2, 0.25) is 0 Å². The molecule has 1 aromatic carbocycles. The maximum absolute atomic E-state index is 13.1. The fraction of sp³-hybridized carbons (Fsp3) is 0.364. The van der Waals surface area contributed by atoms with E-state index in [9.17, 15) is 4.79 Å². The van der Waals surface area contributed by atoms with Gasteiger partial charge in [0.15, 0.2) is 5.65 Å². The maximum atomic E-state index is 13.1. The van der Waals surface area contributed by atoms with E-state index in [1.54, 1.807) is 10.7 Å². The summed E-state index contributed by atoms with van der Waals surface area (Å²) < 4.78 is 7.92. The number of nitrogens with one attached hydrogen (secondary N) is 4. The van der Waals surface area contributed by atoms with Crippen molar-refractivity contribution in [3.05, 3.63) is 41.2 Å². The van der Waals surface area contributed by atoms with Crippen LogP contribution in [0.25, 0.3) is 16.6 Å². The van der Waals surface area contributed by atoms with Crippen molar-refractivity contribution >= 4 is 39.8 Å². The van der Waals surface area contributed by atoms with E-state index in [1.165, 1.54) is 0 Å². The van der Waals surface area contributed by atoms with Gasteiger partial charge in [-0.3, -0.25) is 9.89 Å². The van der Waals surface area contributed by atoms with E-state index in [0.29, 0.717) is 23.6 Å². The lowest BCUT2D eigenvalue weighted by atomic mass is 10.1. The highest BCUT2D eigenvalue weighted by molar-refractivity contribution is 6.00. The molecule has 0 radical (unpaired) electrons. The lowest BCUT2D eigenvalue weighted by molar-refractivity contribution is 0.0273. The first-order valence-electron chi connectivity index (χ1n) is 10.8. The Balaban J connectivity index is 1.56. The van der Waals surface area contributed by atoms with Gasteiger partial charge in [-0.2, -0.15) is 14.7 Å². The number of anilines is 3. The van der Waals surface area contributed by atoms with Gasteiger partial charge in [-0.15, -0.1) is 0 Å². The molecule has 1 aliphatic carbocycles. The zero-order chi connectivity index (χ0) is 21.8. The van der Waals surface area contributed by atoms with Crippen LogP contribution in [0.3, 0.4) is 0 Å². The summed E-state index contributed by atoms with van der Waals surface area (Å²) in [6, 6.07) is 5.98.